The van der Waals surface area contributed by atoms with Crippen molar-refractivity contribution >= 4 is 45.0 Å². The van der Waals surface area contributed by atoms with Crippen molar-refractivity contribution in [2.24, 2.45) is 10.9 Å². The smallest absolute Gasteiger partial charge is 0.338 e. The van der Waals surface area contributed by atoms with Crippen LogP contribution in [0.5, 0.6) is 0 Å². The molecule has 0 aliphatic carbocycles. The van der Waals surface area contributed by atoms with Crippen molar-refractivity contribution in [3.63, 3.8) is 0 Å². The summed E-state index contributed by atoms with van der Waals surface area (Å²) < 4.78 is 25.7. The normalized spacial score (nSPS) is 22.3. The van der Waals surface area contributed by atoms with E-state index < -0.39 is 23.8 Å². The molecule has 0 amide bonds. The fourth-order valence-corrected chi connectivity index (χ4v) is 6.07. The Morgan fingerprint density at radius 1 is 1.39 bits per heavy atom. The van der Waals surface area contributed by atoms with Crippen molar-refractivity contribution in [2.45, 2.75) is 44.9 Å². The Labute approximate surface area is 232 Å². The van der Waals surface area contributed by atoms with Gasteiger partial charge in [0.2, 0.25) is 0 Å². The molecule has 2 N–H and O–H groups in total. The highest BCUT2D eigenvalue weighted by Crippen LogP contribution is 2.37. The number of halogens is 2. The Hall–Kier alpha value is -2.67. The number of nitrogens with one attached hydrogen (secondary N) is 1. The maximum Gasteiger partial charge on any atom is 0.338 e. The number of aromatic nitrogens is 1. The fraction of sp³-hybridized carbons (Fsp3) is 0.462. The van der Waals surface area contributed by atoms with Crippen LogP contribution in [-0.2, 0) is 19.1 Å². The number of hydrogen-bond donors (Lipinski definition) is 2. The van der Waals surface area contributed by atoms with Crippen LogP contribution in [0.3, 0.4) is 0 Å². The molecule has 204 valence electrons. The zero-order valence-corrected chi connectivity index (χ0v) is 23.7. The minimum Gasteiger partial charge on any atom is -0.481 e. The first-order valence-corrected chi connectivity index (χ1v) is 13.9. The highest BCUT2D eigenvalue weighted by Gasteiger charge is 2.38. The first-order valence-electron chi connectivity index (χ1n) is 12.3. The number of amidine groups is 1. The van der Waals surface area contributed by atoms with E-state index in [1.807, 2.05) is 5.38 Å². The van der Waals surface area contributed by atoms with Crippen LogP contribution in [0, 0.1) is 11.7 Å². The molecule has 3 heterocycles. The van der Waals surface area contributed by atoms with E-state index in [2.05, 4.69) is 45.0 Å². The summed E-state index contributed by atoms with van der Waals surface area (Å²) in [5.74, 6) is -1.20. The second-order valence-electron chi connectivity index (χ2n) is 9.44. The predicted octanol–water partition coefficient (Wildman–Crippen LogP) is 4.15. The fourth-order valence-electron chi connectivity index (χ4n) is 4.91. The number of ether oxygens (including phenoxy) is 2. The molecule has 1 aromatic heterocycles. The molecule has 0 bridgehead atoms. The van der Waals surface area contributed by atoms with Crippen LogP contribution in [0.1, 0.15) is 43.3 Å². The topological polar surface area (TPSA) is 113 Å². The number of nitrogens with zero attached hydrogens (tertiary/aromatic N) is 3. The Kier molecular flexibility index (Phi) is 9.29. The number of benzene rings is 1. The van der Waals surface area contributed by atoms with Crippen LogP contribution in [0.2, 0.25) is 0 Å². The quantitative estimate of drug-likeness (QED) is 0.408. The van der Waals surface area contributed by atoms with E-state index in [1.54, 1.807) is 12.3 Å². The van der Waals surface area contributed by atoms with Gasteiger partial charge in [-0.2, -0.15) is 0 Å². The van der Waals surface area contributed by atoms with Crippen LogP contribution in [0.25, 0.3) is 0 Å². The number of esters is 1. The van der Waals surface area contributed by atoms with Gasteiger partial charge < -0.3 is 19.9 Å². The monoisotopic (exact) mass is 608 g/mol. The Morgan fingerprint density at radius 2 is 2.18 bits per heavy atom. The molecule has 0 spiro atoms. The zero-order chi connectivity index (χ0) is 27.4. The molecule has 0 saturated carbocycles. The number of aliphatic carboxylic acids is 1. The van der Waals surface area contributed by atoms with Crippen LogP contribution < -0.4 is 5.32 Å². The van der Waals surface area contributed by atoms with Gasteiger partial charge in [-0.3, -0.25) is 14.7 Å². The minimum absolute atomic E-state index is 0.00105. The summed E-state index contributed by atoms with van der Waals surface area (Å²) >= 11 is 4.84. The van der Waals surface area contributed by atoms with Gasteiger partial charge in [0.25, 0.3) is 0 Å². The highest BCUT2D eigenvalue weighted by molar-refractivity contribution is 9.10. The summed E-state index contributed by atoms with van der Waals surface area (Å²) in [6, 6.07) is 3.30. The van der Waals surface area contributed by atoms with E-state index in [0.717, 1.165) is 0 Å². The molecule has 2 aromatic rings. The van der Waals surface area contributed by atoms with E-state index in [-0.39, 0.29) is 24.5 Å². The number of carboxylic acids is 1. The molecular weight excluding hydrogens is 579 g/mol. The van der Waals surface area contributed by atoms with Crippen molar-refractivity contribution in [1.29, 1.82) is 0 Å². The number of aliphatic imine (C=N–C) groups is 1. The largest absolute Gasteiger partial charge is 0.481 e. The lowest BCUT2D eigenvalue weighted by Gasteiger charge is -2.44. The van der Waals surface area contributed by atoms with Gasteiger partial charge in [0.05, 0.1) is 25.4 Å². The molecule has 1 fully saturated rings. The second-order valence-corrected chi connectivity index (χ2v) is 11.2. The van der Waals surface area contributed by atoms with Gasteiger partial charge >= 0.3 is 11.9 Å². The lowest BCUT2D eigenvalue weighted by molar-refractivity contribution is -0.139. The van der Waals surface area contributed by atoms with Gasteiger partial charge in [0.15, 0.2) is 10.8 Å². The van der Waals surface area contributed by atoms with Gasteiger partial charge in [-0.25, -0.2) is 14.2 Å². The maximum absolute atomic E-state index is 13.9. The third-order valence-electron chi connectivity index (χ3n) is 6.63. The molecule has 0 radical (unpaired) electrons. The summed E-state index contributed by atoms with van der Waals surface area (Å²) in [6.07, 6.45) is 1.91. The average molecular weight is 610 g/mol. The Morgan fingerprint density at radius 3 is 2.82 bits per heavy atom. The number of thiazole rings is 1. The summed E-state index contributed by atoms with van der Waals surface area (Å²) in [4.78, 5) is 36.0. The lowest BCUT2D eigenvalue weighted by Crippen LogP contribution is -2.55. The van der Waals surface area contributed by atoms with Crippen LogP contribution >= 0.6 is 27.3 Å². The van der Waals surface area contributed by atoms with Crippen molar-refractivity contribution in [3.05, 3.63) is 61.9 Å². The third kappa shape index (κ3) is 6.31. The maximum atomic E-state index is 13.9. The number of methoxy groups -OCH3 is 1. The number of carbonyl (C=O) groups is 2. The first-order chi connectivity index (χ1) is 18.2. The van der Waals surface area contributed by atoms with Crippen molar-refractivity contribution in [2.75, 3.05) is 26.8 Å². The van der Waals surface area contributed by atoms with Crippen LogP contribution in [0.4, 0.5) is 4.39 Å². The molecule has 12 heteroatoms. The third-order valence-corrected chi connectivity index (χ3v) is 8.10. The summed E-state index contributed by atoms with van der Waals surface area (Å²) in [5, 5.41) is 15.2. The molecule has 2 aliphatic rings. The van der Waals surface area contributed by atoms with Gasteiger partial charge in [0.1, 0.15) is 11.9 Å². The Balaban J connectivity index is 1.79. The molecular formula is C26H30BrFN4O5S. The molecule has 9 nitrogen and oxygen atoms in total. The van der Waals surface area contributed by atoms with E-state index in [1.165, 1.54) is 30.6 Å². The molecule has 2 aliphatic heterocycles. The van der Waals surface area contributed by atoms with Crippen LogP contribution in [0.15, 0.2) is 50.5 Å². The van der Waals surface area contributed by atoms with Crippen molar-refractivity contribution < 1.29 is 28.6 Å². The van der Waals surface area contributed by atoms with Crippen molar-refractivity contribution in [1.82, 2.24) is 15.2 Å². The Bertz CT molecular complexity index is 1240. The molecule has 3 atom stereocenters. The second kappa shape index (κ2) is 12.5. The van der Waals surface area contributed by atoms with E-state index in [0.29, 0.717) is 58.3 Å². The van der Waals surface area contributed by atoms with E-state index >= 15 is 0 Å². The highest BCUT2D eigenvalue weighted by atomic mass is 79.9. The molecule has 0 unspecified atom stereocenters. The van der Waals surface area contributed by atoms with Gasteiger partial charge in [-0.1, -0.05) is 35.8 Å². The molecule has 1 aromatic carbocycles. The lowest BCUT2D eigenvalue weighted by atomic mass is 9.91. The molecule has 38 heavy (non-hydrogen) atoms. The summed E-state index contributed by atoms with van der Waals surface area (Å²) in [7, 11) is 1.31. The van der Waals surface area contributed by atoms with Gasteiger partial charge in [-0.05, 0) is 30.0 Å². The average Bonchev–Trinajstić information content (AvgIpc) is 3.42. The number of rotatable bonds is 9. The minimum atomic E-state index is -0.873. The van der Waals surface area contributed by atoms with Crippen LogP contribution in [-0.4, -0.2) is 71.7 Å². The number of carboxylic acid groups (broad SMARTS) is 1. The van der Waals surface area contributed by atoms with Gasteiger partial charge in [0, 0.05) is 47.3 Å². The summed E-state index contributed by atoms with van der Waals surface area (Å²) in [5.41, 5.74) is 1.47. The number of morpholine rings is 1. The standard InChI is InChI=1S/C26H30BrFN4O5S/c1-14(2)23-19(6-7-20(33)34)32(9-10-37-23)13-18-21(26(35)36-3)22(16-5-4-15(28)12-17(16)27)31-24(30-18)25-29-8-11-38-25/h4-5,8,11-12,14,19,22-23H,6-7,9-10,13H2,1-3H3,(H,30,31)(H,33,34)/t19-,22+,23-/m1/s1. The molecule has 1 saturated heterocycles. The van der Waals surface area contributed by atoms with E-state index in [4.69, 9.17) is 14.5 Å². The van der Waals surface area contributed by atoms with E-state index in [9.17, 15) is 19.1 Å². The van der Waals surface area contributed by atoms with Crippen molar-refractivity contribution in [3.8, 4) is 0 Å². The SMILES string of the molecule is COC(=O)C1=C(CN2CCO[C@H](C(C)C)[C@H]2CCC(=O)O)NC(c2nccs2)=N[C@H]1c1ccc(F)cc1Br. The number of carbonyl (C=O) groups excluding carboxylic acids is 1. The molecule has 4 rings (SSSR count). The summed E-state index contributed by atoms with van der Waals surface area (Å²) in [6.45, 7) is 5.45. The predicted molar refractivity (Wildman–Crippen MR) is 144 cm³/mol. The van der Waals surface area contributed by atoms with Gasteiger partial charge in [-0.15, -0.1) is 11.3 Å². The number of hydrogen-bond acceptors (Lipinski definition) is 9. The zero-order valence-electron chi connectivity index (χ0n) is 21.3. The first kappa shape index (κ1) is 28.3.